The molecule has 128 valence electrons. The van der Waals surface area contributed by atoms with Crippen molar-refractivity contribution in [1.29, 1.82) is 0 Å². The summed E-state index contributed by atoms with van der Waals surface area (Å²) < 4.78 is 0. The summed E-state index contributed by atoms with van der Waals surface area (Å²) in [5.41, 5.74) is 2.17. The molecule has 1 aromatic rings. The van der Waals surface area contributed by atoms with Gasteiger partial charge in [-0.1, -0.05) is 69.0 Å². The highest BCUT2D eigenvalue weighted by Crippen LogP contribution is 2.14. The molecule has 0 bridgehead atoms. The average molecular weight is 316 g/mol. The van der Waals surface area contributed by atoms with Gasteiger partial charge in [0.05, 0.1) is 0 Å². The Morgan fingerprint density at radius 2 is 1.61 bits per heavy atom. The zero-order valence-corrected chi connectivity index (χ0v) is 15.2. The predicted molar refractivity (Wildman–Crippen MR) is 99.5 cm³/mol. The van der Waals surface area contributed by atoms with Gasteiger partial charge in [0.2, 0.25) is 5.91 Å². The van der Waals surface area contributed by atoms with Gasteiger partial charge in [-0.25, -0.2) is 0 Å². The lowest BCUT2D eigenvalue weighted by molar-refractivity contribution is -0.126. The maximum Gasteiger partial charge on any atom is 0.249 e. The normalized spacial score (nSPS) is 11.5. The van der Waals surface area contributed by atoms with Crippen molar-refractivity contribution in [2.75, 3.05) is 13.1 Å². The molecule has 0 N–H and O–H groups in total. The lowest BCUT2D eigenvalue weighted by Crippen LogP contribution is -2.32. The van der Waals surface area contributed by atoms with E-state index in [1.165, 1.54) is 37.7 Å². The first-order valence-corrected chi connectivity index (χ1v) is 9.25. The Labute approximate surface area is 142 Å². The molecule has 0 unspecified atom stereocenters. The fourth-order valence-electron chi connectivity index (χ4n) is 2.79. The quantitative estimate of drug-likeness (QED) is 0.396. The zero-order chi connectivity index (χ0) is 16.9. The Morgan fingerprint density at radius 1 is 0.957 bits per heavy atom. The minimum atomic E-state index is 0.201. The van der Waals surface area contributed by atoms with Gasteiger partial charge in [0.25, 0.3) is 0 Å². The molecule has 1 amide bonds. The fraction of sp³-hybridized carbons (Fsp3) is 0.571. The minimum Gasteiger partial charge on any atom is -0.339 e. The third-order valence-electron chi connectivity index (χ3n) is 4.26. The highest BCUT2D eigenvalue weighted by atomic mass is 16.2. The molecular formula is C21H33NO. The van der Waals surface area contributed by atoms with Crippen LogP contribution in [0.2, 0.25) is 0 Å². The summed E-state index contributed by atoms with van der Waals surface area (Å²) in [4.78, 5) is 14.7. The molecular weight excluding hydrogens is 282 g/mol. The van der Waals surface area contributed by atoms with Gasteiger partial charge in [0.1, 0.15) is 0 Å². The number of benzene rings is 1. The first-order valence-electron chi connectivity index (χ1n) is 9.25. The molecule has 0 aliphatic carbocycles. The van der Waals surface area contributed by atoms with E-state index in [9.17, 15) is 4.79 Å². The second-order valence-corrected chi connectivity index (χ2v) is 6.07. The van der Waals surface area contributed by atoms with Crippen LogP contribution in [0.15, 0.2) is 42.0 Å². The van der Waals surface area contributed by atoms with Crippen LogP contribution in [0.1, 0.15) is 64.9 Å². The predicted octanol–water partition coefficient (Wildman–Crippen LogP) is 5.38. The molecule has 1 rings (SSSR count). The number of amides is 1. The molecule has 0 atom stereocenters. The molecule has 1 aromatic carbocycles. The van der Waals surface area contributed by atoms with E-state index in [0.717, 1.165) is 31.5 Å². The number of unbranched alkanes of at least 4 members (excludes halogenated alkanes) is 5. The molecule has 0 aromatic heterocycles. The highest BCUT2D eigenvalue weighted by Gasteiger charge is 2.15. The van der Waals surface area contributed by atoms with E-state index in [-0.39, 0.29) is 5.91 Å². The first kappa shape index (κ1) is 19.5. The van der Waals surface area contributed by atoms with Crippen LogP contribution < -0.4 is 0 Å². The molecule has 0 aliphatic rings. The van der Waals surface area contributed by atoms with Crippen molar-refractivity contribution in [3.8, 4) is 0 Å². The van der Waals surface area contributed by atoms with E-state index < -0.39 is 0 Å². The lowest BCUT2D eigenvalue weighted by atomic mass is 10.0. The summed E-state index contributed by atoms with van der Waals surface area (Å²) in [7, 11) is 0. The summed E-state index contributed by atoms with van der Waals surface area (Å²) in [6.45, 7) is 7.88. The molecule has 0 spiro atoms. The number of allylic oxidation sites excluding steroid dienone is 1. The van der Waals surface area contributed by atoms with Crippen LogP contribution in [-0.4, -0.2) is 23.9 Å². The van der Waals surface area contributed by atoms with Gasteiger partial charge in [-0.2, -0.15) is 0 Å². The molecule has 0 fully saturated rings. The maximum absolute atomic E-state index is 12.7. The summed E-state index contributed by atoms with van der Waals surface area (Å²) >= 11 is 0. The van der Waals surface area contributed by atoms with Crippen molar-refractivity contribution in [3.05, 3.63) is 47.5 Å². The molecule has 0 heterocycles. The second kappa shape index (κ2) is 11.9. The Hall–Kier alpha value is -1.57. The van der Waals surface area contributed by atoms with E-state index in [0.29, 0.717) is 0 Å². The van der Waals surface area contributed by atoms with Crippen LogP contribution >= 0.6 is 0 Å². The number of nitrogens with zero attached hydrogens (tertiary/aromatic N) is 1. The van der Waals surface area contributed by atoms with Gasteiger partial charge in [-0.05, 0) is 32.3 Å². The zero-order valence-electron chi connectivity index (χ0n) is 15.2. The van der Waals surface area contributed by atoms with Crippen molar-refractivity contribution in [3.63, 3.8) is 0 Å². The third-order valence-corrected chi connectivity index (χ3v) is 4.26. The topological polar surface area (TPSA) is 20.3 Å². The summed E-state index contributed by atoms with van der Waals surface area (Å²) in [5.74, 6) is 0.201. The highest BCUT2D eigenvalue weighted by molar-refractivity contribution is 5.93. The maximum atomic E-state index is 12.7. The Balaban J connectivity index is 2.69. The monoisotopic (exact) mass is 315 g/mol. The van der Waals surface area contributed by atoms with Gasteiger partial charge in [0.15, 0.2) is 0 Å². The van der Waals surface area contributed by atoms with Crippen LogP contribution in [0.4, 0.5) is 0 Å². The van der Waals surface area contributed by atoms with Crippen LogP contribution in [0.5, 0.6) is 0 Å². The Morgan fingerprint density at radius 3 is 2.22 bits per heavy atom. The van der Waals surface area contributed by atoms with E-state index in [2.05, 4.69) is 25.1 Å². The Kier molecular flexibility index (Phi) is 10.1. The van der Waals surface area contributed by atoms with Gasteiger partial charge in [-0.15, -0.1) is 0 Å². The molecule has 0 saturated heterocycles. The summed E-state index contributed by atoms with van der Waals surface area (Å²) in [6, 6.07) is 10.3. The number of carbonyl (C=O) groups is 1. The van der Waals surface area contributed by atoms with Crippen molar-refractivity contribution in [2.45, 2.75) is 65.7 Å². The largest absolute Gasteiger partial charge is 0.339 e. The van der Waals surface area contributed by atoms with Crippen molar-refractivity contribution >= 4 is 5.91 Å². The van der Waals surface area contributed by atoms with Crippen LogP contribution in [0.25, 0.3) is 0 Å². The van der Waals surface area contributed by atoms with Gasteiger partial charge in [0, 0.05) is 25.1 Å². The van der Waals surface area contributed by atoms with E-state index >= 15 is 0 Å². The van der Waals surface area contributed by atoms with E-state index in [1.807, 2.05) is 36.9 Å². The molecule has 2 nitrogen and oxygen atoms in total. The smallest absolute Gasteiger partial charge is 0.249 e. The number of hydrogen-bond acceptors (Lipinski definition) is 1. The molecule has 0 radical (unpaired) electrons. The average Bonchev–Trinajstić information content (AvgIpc) is 2.58. The summed E-state index contributed by atoms with van der Waals surface area (Å²) in [5, 5.41) is 0. The van der Waals surface area contributed by atoms with Gasteiger partial charge < -0.3 is 4.90 Å². The van der Waals surface area contributed by atoms with Crippen molar-refractivity contribution in [1.82, 2.24) is 4.90 Å². The fourth-order valence-corrected chi connectivity index (χ4v) is 2.79. The third kappa shape index (κ3) is 7.49. The van der Waals surface area contributed by atoms with Crippen LogP contribution in [-0.2, 0) is 11.2 Å². The molecule has 0 saturated carbocycles. The van der Waals surface area contributed by atoms with E-state index in [1.54, 1.807) is 0 Å². The van der Waals surface area contributed by atoms with Gasteiger partial charge >= 0.3 is 0 Å². The molecule has 0 aliphatic heterocycles. The second-order valence-electron chi connectivity index (χ2n) is 6.07. The standard InChI is InChI=1S/C21H33NO/c1-4-7-8-9-10-14-17-20(21(23)22(5-2)6-3)18-19-15-12-11-13-16-19/h11-13,15-17H,4-10,14,18H2,1-3H3/b20-17+. The first-order chi connectivity index (χ1) is 11.2. The number of carbonyl (C=O) groups excluding carboxylic acids is 1. The number of hydrogen-bond donors (Lipinski definition) is 0. The van der Waals surface area contributed by atoms with Crippen LogP contribution in [0.3, 0.4) is 0 Å². The van der Waals surface area contributed by atoms with Crippen LogP contribution in [0, 0.1) is 0 Å². The Bertz CT molecular complexity index is 460. The lowest BCUT2D eigenvalue weighted by Gasteiger charge is -2.20. The molecule has 23 heavy (non-hydrogen) atoms. The van der Waals surface area contributed by atoms with Crippen molar-refractivity contribution in [2.24, 2.45) is 0 Å². The van der Waals surface area contributed by atoms with Gasteiger partial charge in [-0.3, -0.25) is 4.79 Å². The minimum absolute atomic E-state index is 0.201. The number of likely N-dealkylation sites (N-methyl/N-ethyl adjacent to an activating group) is 1. The molecule has 2 heteroatoms. The SMILES string of the molecule is CCCCCCC/C=C(\Cc1ccccc1)C(=O)N(CC)CC. The number of rotatable bonds is 11. The van der Waals surface area contributed by atoms with Crippen molar-refractivity contribution < 1.29 is 4.79 Å². The summed E-state index contributed by atoms with van der Waals surface area (Å²) in [6.07, 6.45) is 10.3. The van der Waals surface area contributed by atoms with E-state index in [4.69, 9.17) is 0 Å².